The average Bonchev–Trinajstić information content (AvgIpc) is 3.13. The van der Waals surface area contributed by atoms with Crippen LogP contribution in [-0.2, 0) is 27.2 Å². The molecule has 6 rings (SSSR count). The number of nitrogens with zero attached hydrogens (tertiary/aromatic N) is 2. The molecule has 3 aromatic carbocycles. The molecule has 2 aliphatic heterocycles. The lowest BCUT2D eigenvalue weighted by Gasteiger charge is -2.41. The first-order valence-electron chi connectivity index (χ1n) is 16.9. The fourth-order valence-corrected chi connectivity index (χ4v) is 7.35. The zero-order valence-corrected chi connectivity index (χ0v) is 30.0. The van der Waals surface area contributed by atoms with E-state index in [0.29, 0.717) is 56.3 Å². The number of carbonyl (C=O) groups is 2. The molecule has 5 atom stereocenters. The van der Waals surface area contributed by atoms with Crippen LogP contribution >= 0.6 is 23.2 Å². The minimum Gasteiger partial charge on any atom is -0.493 e. The monoisotopic (exact) mass is 735 g/mol. The number of ether oxygens (including phenoxy) is 4. The van der Waals surface area contributed by atoms with E-state index in [0.717, 1.165) is 38.0 Å². The molecule has 268 valence electrons. The highest BCUT2D eigenvalue weighted by molar-refractivity contribution is 6.35. The van der Waals surface area contributed by atoms with Crippen molar-refractivity contribution in [3.63, 3.8) is 0 Å². The number of fused-ring (bicyclic) bond motifs is 2. The van der Waals surface area contributed by atoms with Crippen molar-refractivity contribution < 1.29 is 32.9 Å². The summed E-state index contributed by atoms with van der Waals surface area (Å²) in [5.41, 5.74) is 2.98. The molecule has 0 radical (unpaired) electrons. The summed E-state index contributed by atoms with van der Waals surface area (Å²) in [7, 11) is 3.07. The molecule has 2 bridgehead atoms. The number of carbonyl (C=O) groups excluding carboxylic acids is 2. The van der Waals surface area contributed by atoms with Gasteiger partial charge in [0.1, 0.15) is 24.1 Å². The van der Waals surface area contributed by atoms with E-state index in [1.54, 1.807) is 61.7 Å². The third kappa shape index (κ3) is 9.18. The Kier molecular flexibility index (Phi) is 12.1. The van der Waals surface area contributed by atoms with Gasteiger partial charge in [0.15, 0.2) is 11.5 Å². The van der Waals surface area contributed by atoms with Gasteiger partial charge in [-0.05, 0) is 90.4 Å². The van der Waals surface area contributed by atoms with Gasteiger partial charge in [-0.25, -0.2) is 14.0 Å². The average molecular weight is 737 g/mol. The second-order valence-electron chi connectivity index (χ2n) is 12.9. The highest BCUT2D eigenvalue weighted by Crippen LogP contribution is 2.36. The lowest BCUT2D eigenvalue weighted by molar-refractivity contribution is -0.156. The van der Waals surface area contributed by atoms with Gasteiger partial charge in [-0.3, -0.25) is 15.2 Å². The number of hydrogen-bond acceptors (Lipinski definition) is 9. The molecule has 51 heavy (non-hydrogen) atoms. The lowest BCUT2D eigenvalue weighted by Crippen LogP contribution is -2.48. The molecule has 0 aliphatic carbocycles. The SMILES string of the molecule is COc1ccc([C@H](Cc2c(Cl)cncc2Cl)OC(=O)c2ccc(CNC(C(=O)O[C@@H]3CC4CCCN(C4)C3)c3ccc(F)cc3)cc2)cc1OC. The summed E-state index contributed by atoms with van der Waals surface area (Å²) in [5, 5.41) is 3.99. The number of nitrogens with one attached hydrogen (secondary N) is 1. The molecule has 0 amide bonds. The van der Waals surface area contributed by atoms with Crippen molar-refractivity contribution in [1.82, 2.24) is 15.2 Å². The Labute approximate surface area is 307 Å². The first-order valence-corrected chi connectivity index (χ1v) is 17.7. The van der Waals surface area contributed by atoms with Gasteiger partial charge < -0.3 is 18.9 Å². The zero-order chi connectivity index (χ0) is 35.9. The topological polar surface area (TPSA) is 99.2 Å². The number of hydrogen-bond donors (Lipinski definition) is 1. The van der Waals surface area contributed by atoms with Crippen molar-refractivity contribution in [2.24, 2.45) is 5.92 Å². The molecule has 0 saturated carbocycles. The van der Waals surface area contributed by atoms with Crippen LogP contribution in [0.3, 0.4) is 0 Å². The first kappa shape index (κ1) is 36.6. The number of rotatable bonds is 13. The molecule has 2 fully saturated rings. The van der Waals surface area contributed by atoms with E-state index >= 15 is 0 Å². The van der Waals surface area contributed by atoms with E-state index in [9.17, 15) is 14.0 Å². The van der Waals surface area contributed by atoms with Gasteiger partial charge in [-0.1, -0.05) is 53.5 Å². The Bertz CT molecular complexity index is 1790. The van der Waals surface area contributed by atoms with Gasteiger partial charge in [0.05, 0.1) is 29.8 Å². The number of piperidine rings is 2. The highest BCUT2D eigenvalue weighted by Gasteiger charge is 2.34. The van der Waals surface area contributed by atoms with Gasteiger partial charge >= 0.3 is 11.9 Å². The van der Waals surface area contributed by atoms with Gasteiger partial charge in [0.2, 0.25) is 0 Å². The number of esters is 2. The molecule has 2 aliphatic rings. The van der Waals surface area contributed by atoms with E-state index in [-0.39, 0.29) is 18.3 Å². The molecule has 9 nitrogen and oxygen atoms in total. The van der Waals surface area contributed by atoms with Crippen molar-refractivity contribution in [3.05, 3.63) is 123 Å². The quantitative estimate of drug-likeness (QED) is 0.140. The summed E-state index contributed by atoms with van der Waals surface area (Å²) >= 11 is 12.9. The van der Waals surface area contributed by atoms with Crippen molar-refractivity contribution >= 4 is 35.1 Å². The maximum absolute atomic E-state index is 13.8. The smallest absolute Gasteiger partial charge is 0.338 e. The van der Waals surface area contributed by atoms with E-state index in [1.165, 1.54) is 38.1 Å². The summed E-state index contributed by atoms with van der Waals surface area (Å²) in [6, 6.07) is 17.2. The van der Waals surface area contributed by atoms with Crippen LogP contribution in [-0.4, -0.2) is 61.8 Å². The van der Waals surface area contributed by atoms with E-state index in [2.05, 4.69) is 15.2 Å². The Hall–Kier alpha value is -4.22. The van der Waals surface area contributed by atoms with Crippen LogP contribution < -0.4 is 14.8 Å². The van der Waals surface area contributed by atoms with Crippen LogP contribution in [0.15, 0.2) is 79.1 Å². The number of methoxy groups -OCH3 is 2. The van der Waals surface area contributed by atoms with Crippen molar-refractivity contribution in [1.29, 1.82) is 0 Å². The van der Waals surface area contributed by atoms with Crippen molar-refractivity contribution in [2.75, 3.05) is 33.9 Å². The summed E-state index contributed by atoms with van der Waals surface area (Å²) in [5.74, 6) is 0.191. The molecule has 4 aromatic rings. The summed E-state index contributed by atoms with van der Waals surface area (Å²) in [6.45, 7) is 3.10. The molecule has 2 saturated heterocycles. The third-order valence-corrected chi connectivity index (χ3v) is 10.1. The Balaban J connectivity index is 1.15. The van der Waals surface area contributed by atoms with E-state index in [4.69, 9.17) is 42.1 Å². The van der Waals surface area contributed by atoms with Crippen LogP contribution in [0.25, 0.3) is 0 Å². The maximum atomic E-state index is 13.8. The first-order chi connectivity index (χ1) is 24.7. The van der Waals surface area contributed by atoms with E-state index in [1.807, 2.05) is 0 Å². The van der Waals surface area contributed by atoms with Crippen molar-refractivity contribution in [3.8, 4) is 11.5 Å². The molecular formula is C39H40Cl2FN3O6. The van der Waals surface area contributed by atoms with Gasteiger partial charge in [-0.2, -0.15) is 0 Å². The largest absolute Gasteiger partial charge is 0.493 e. The highest BCUT2D eigenvalue weighted by atomic mass is 35.5. The second-order valence-corrected chi connectivity index (χ2v) is 13.7. The van der Waals surface area contributed by atoms with Gasteiger partial charge in [-0.15, -0.1) is 0 Å². The van der Waals surface area contributed by atoms with Gasteiger partial charge in [0.25, 0.3) is 0 Å². The molecular weight excluding hydrogens is 696 g/mol. The van der Waals surface area contributed by atoms with Crippen LogP contribution in [0.2, 0.25) is 10.0 Å². The normalized spacial score (nSPS) is 19.4. The van der Waals surface area contributed by atoms with Crippen LogP contribution in [0.4, 0.5) is 4.39 Å². The van der Waals surface area contributed by atoms with E-state index < -0.39 is 24.1 Å². The van der Waals surface area contributed by atoms with Crippen molar-refractivity contribution in [2.45, 2.75) is 50.5 Å². The number of pyridine rings is 1. The predicted octanol–water partition coefficient (Wildman–Crippen LogP) is 7.54. The summed E-state index contributed by atoms with van der Waals surface area (Å²) < 4.78 is 36.8. The molecule has 1 aromatic heterocycles. The third-order valence-electron chi connectivity index (χ3n) is 9.45. The summed E-state index contributed by atoms with van der Waals surface area (Å²) in [4.78, 5) is 33.5. The minimum absolute atomic E-state index is 0.181. The second kappa shape index (κ2) is 16.9. The number of benzene rings is 3. The molecule has 3 heterocycles. The summed E-state index contributed by atoms with van der Waals surface area (Å²) in [6.07, 6.45) is 5.38. The fraction of sp³-hybridized carbons (Fsp3) is 0.359. The number of halogens is 3. The Morgan fingerprint density at radius 1 is 0.941 bits per heavy atom. The predicted molar refractivity (Wildman–Crippen MR) is 192 cm³/mol. The minimum atomic E-state index is -0.805. The molecule has 12 heteroatoms. The lowest BCUT2D eigenvalue weighted by atomic mass is 9.88. The van der Waals surface area contributed by atoms with Gasteiger partial charge in [0, 0.05) is 38.4 Å². The Morgan fingerprint density at radius 2 is 1.65 bits per heavy atom. The Morgan fingerprint density at radius 3 is 2.33 bits per heavy atom. The van der Waals surface area contributed by atoms with Crippen LogP contribution in [0.1, 0.15) is 64.0 Å². The van der Waals surface area contributed by atoms with Crippen LogP contribution in [0.5, 0.6) is 11.5 Å². The maximum Gasteiger partial charge on any atom is 0.338 e. The molecule has 3 unspecified atom stereocenters. The fourth-order valence-electron chi connectivity index (χ4n) is 6.83. The standard InChI is InChI=1S/C39H40Cl2FN3O6/c1-48-34-14-11-28(17-36(34)49-2)35(18-31-32(40)20-43-21-33(31)41)51-38(46)27-7-5-24(6-8-27)19-44-37(26-9-12-29(42)13-10-26)39(47)50-30-16-25-4-3-15-45(22-25)23-30/h5-14,17,20-21,25,30,35,37,44H,3-4,15-16,18-19,22-23H2,1-2H3/t25?,30-,35+,37?/m1/s1. The molecule has 1 N–H and O–H groups in total. The van der Waals surface area contributed by atoms with Crippen LogP contribution in [0, 0.1) is 11.7 Å². The zero-order valence-electron chi connectivity index (χ0n) is 28.4. The molecule has 0 spiro atoms. The number of aromatic nitrogens is 1.